The standard InChI is InChI=1S/C26H28ClN3O3S.ClH/c1-18-15-21(33-20-7-4-3-5-8-20)10-11-22(18)30(24(31)16-27)25(23-9-6-14-34-23)26(32)29-13-12-28-19(2)17-29;/h3-11,14-15,19,25,28H,12-13,16-17H2,1-2H3;1H. The maximum Gasteiger partial charge on any atom is 0.251 e. The molecule has 2 aromatic carbocycles. The van der Waals surface area contributed by atoms with Crippen LogP contribution in [0.1, 0.15) is 23.4 Å². The van der Waals surface area contributed by atoms with Gasteiger partial charge in [-0.3, -0.25) is 14.5 Å². The maximum absolute atomic E-state index is 13.8. The lowest BCUT2D eigenvalue weighted by Gasteiger charge is -2.38. The molecule has 186 valence electrons. The van der Waals surface area contributed by atoms with Gasteiger partial charge in [0.05, 0.1) is 0 Å². The zero-order valence-corrected chi connectivity index (χ0v) is 22.0. The van der Waals surface area contributed by atoms with E-state index in [0.29, 0.717) is 24.5 Å². The first-order chi connectivity index (χ1) is 16.5. The molecular weight excluding hydrogens is 505 g/mol. The Morgan fingerprint density at radius 3 is 2.57 bits per heavy atom. The molecule has 4 rings (SSSR count). The predicted octanol–water partition coefficient (Wildman–Crippen LogP) is 5.40. The molecule has 35 heavy (non-hydrogen) atoms. The minimum absolute atomic E-state index is 0. The van der Waals surface area contributed by atoms with E-state index in [-0.39, 0.29) is 36.1 Å². The van der Waals surface area contributed by atoms with Crippen LogP contribution in [0.15, 0.2) is 66.0 Å². The molecule has 1 aromatic heterocycles. The molecule has 9 heteroatoms. The molecule has 1 N–H and O–H groups in total. The number of ether oxygens (including phenoxy) is 1. The van der Waals surface area contributed by atoms with E-state index in [1.807, 2.05) is 77.9 Å². The lowest BCUT2D eigenvalue weighted by Crippen LogP contribution is -2.55. The molecule has 2 atom stereocenters. The van der Waals surface area contributed by atoms with Gasteiger partial charge in [0, 0.05) is 36.2 Å². The van der Waals surface area contributed by atoms with Crippen molar-refractivity contribution in [3.8, 4) is 11.5 Å². The highest BCUT2D eigenvalue weighted by molar-refractivity contribution is 7.10. The number of rotatable bonds is 7. The van der Waals surface area contributed by atoms with Crippen LogP contribution in [0, 0.1) is 6.92 Å². The zero-order valence-electron chi connectivity index (χ0n) is 19.6. The molecule has 1 fully saturated rings. The van der Waals surface area contributed by atoms with Crippen LogP contribution < -0.4 is 15.0 Å². The Bertz CT molecular complexity index is 1130. The Morgan fingerprint density at radius 1 is 1.17 bits per heavy atom. The van der Waals surface area contributed by atoms with Gasteiger partial charge in [0.2, 0.25) is 5.91 Å². The monoisotopic (exact) mass is 533 g/mol. The van der Waals surface area contributed by atoms with E-state index in [4.69, 9.17) is 16.3 Å². The number of alkyl halides is 1. The van der Waals surface area contributed by atoms with E-state index < -0.39 is 6.04 Å². The third-order valence-corrected chi connectivity index (χ3v) is 6.93. The van der Waals surface area contributed by atoms with Gasteiger partial charge in [-0.15, -0.1) is 35.3 Å². The average molecular weight is 535 g/mol. The molecule has 2 heterocycles. The van der Waals surface area contributed by atoms with Gasteiger partial charge in [-0.25, -0.2) is 0 Å². The van der Waals surface area contributed by atoms with Crippen molar-refractivity contribution in [1.82, 2.24) is 10.2 Å². The van der Waals surface area contributed by atoms with E-state index in [2.05, 4.69) is 12.2 Å². The number of anilines is 1. The molecule has 0 saturated carbocycles. The molecule has 0 bridgehead atoms. The van der Waals surface area contributed by atoms with E-state index in [9.17, 15) is 9.59 Å². The normalized spacial score (nSPS) is 16.2. The van der Waals surface area contributed by atoms with E-state index in [0.717, 1.165) is 22.7 Å². The van der Waals surface area contributed by atoms with Crippen molar-refractivity contribution in [3.05, 3.63) is 76.5 Å². The predicted molar refractivity (Wildman–Crippen MR) is 144 cm³/mol. The Kier molecular flexibility index (Phi) is 9.57. The summed E-state index contributed by atoms with van der Waals surface area (Å²) in [5.74, 6) is 0.729. The SMILES string of the molecule is Cc1cc(Oc2ccccc2)ccc1N(C(=O)CCl)C(C(=O)N1CCNC(C)C1)c1cccs1.Cl. The summed E-state index contributed by atoms with van der Waals surface area (Å²) in [5.41, 5.74) is 1.45. The molecule has 1 aliphatic heterocycles. The Labute approximate surface area is 221 Å². The summed E-state index contributed by atoms with van der Waals surface area (Å²) in [6.07, 6.45) is 0. The fourth-order valence-electron chi connectivity index (χ4n) is 4.18. The van der Waals surface area contributed by atoms with Crippen LogP contribution in [-0.2, 0) is 9.59 Å². The van der Waals surface area contributed by atoms with E-state index >= 15 is 0 Å². The number of nitrogens with zero attached hydrogens (tertiary/aromatic N) is 2. The molecule has 6 nitrogen and oxygen atoms in total. The highest BCUT2D eigenvalue weighted by atomic mass is 35.5. The molecular formula is C26H29Cl2N3O3S. The number of amides is 2. The number of piperazine rings is 1. The molecule has 1 saturated heterocycles. The van der Waals surface area contributed by atoms with Crippen molar-refractivity contribution in [3.63, 3.8) is 0 Å². The quantitative estimate of drug-likeness (QED) is 0.412. The van der Waals surface area contributed by atoms with Gasteiger partial charge in [0.25, 0.3) is 5.91 Å². The fourth-order valence-corrected chi connectivity index (χ4v) is 5.12. The summed E-state index contributed by atoms with van der Waals surface area (Å²) >= 11 is 7.52. The first-order valence-electron chi connectivity index (χ1n) is 11.2. The van der Waals surface area contributed by atoms with Gasteiger partial charge in [0.15, 0.2) is 0 Å². The molecule has 2 unspecified atom stereocenters. The maximum atomic E-state index is 13.8. The number of hydrogen-bond acceptors (Lipinski definition) is 5. The molecule has 2 amide bonds. The van der Waals surface area contributed by atoms with Crippen molar-refractivity contribution in [2.24, 2.45) is 0 Å². The van der Waals surface area contributed by atoms with Gasteiger partial charge in [0.1, 0.15) is 23.4 Å². The number of hydrogen-bond donors (Lipinski definition) is 1. The minimum Gasteiger partial charge on any atom is -0.457 e. The smallest absolute Gasteiger partial charge is 0.251 e. The van der Waals surface area contributed by atoms with Gasteiger partial charge in [-0.05, 0) is 61.2 Å². The van der Waals surface area contributed by atoms with Crippen LogP contribution in [0.5, 0.6) is 11.5 Å². The van der Waals surface area contributed by atoms with Crippen LogP contribution in [0.3, 0.4) is 0 Å². The summed E-state index contributed by atoms with van der Waals surface area (Å²) in [4.78, 5) is 31.2. The second-order valence-electron chi connectivity index (χ2n) is 8.32. The molecule has 0 radical (unpaired) electrons. The lowest BCUT2D eigenvalue weighted by molar-refractivity contribution is -0.135. The number of aryl methyl sites for hydroxylation is 1. The van der Waals surface area contributed by atoms with Crippen molar-refractivity contribution >= 4 is 52.8 Å². The number of carbonyl (C=O) groups is 2. The summed E-state index contributed by atoms with van der Waals surface area (Å²) in [6.45, 7) is 5.86. The Hall–Kier alpha value is -2.58. The fraction of sp³-hybridized carbons (Fsp3) is 0.308. The summed E-state index contributed by atoms with van der Waals surface area (Å²) in [7, 11) is 0. The topological polar surface area (TPSA) is 61.9 Å². The minimum atomic E-state index is -0.781. The van der Waals surface area contributed by atoms with Crippen LogP contribution in [0.4, 0.5) is 5.69 Å². The van der Waals surface area contributed by atoms with E-state index in [1.54, 1.807) is 4.90 Å². The van der Waals surface area contributed by atoms with Crippen LogP contribution in [0.25, 0.3) is 0 Å². The number of thiophene rings is 1. The largest absolute Gasteiger partial charge is 0.457 e. The highest BCUT2D eigenvalue weighted by Gasteiger charge is 2.37. The molecule has 0 aliphatic carbocycles. The summed E-state index contributed by atoms with van der Waals surface area (Å²) in [6, 6.07) is 18.2. The number of carbonyl (C=O) groups excluding carboxylic acids is 2. The van der Waals surface area contributed by atoms with E-state index in [1.165, 1.54) is 11.3 Å². The zero-order chi connectivity index (χ0) is 24.1. The summed E-state index contributed by atoms with van der Waals surface area (Å²) < 4.78 is 5.96. The first-order valence-corrected chi connectivity index (χ1v) is 12.7. The van der Waals surface area contributed by atoms with Gasteiger partial charge in [-0.2, -0.15) is 0 Å². The van der Waals surface area contributed by atoms with Gasteiger partial charge >= 0.3 is 0 Å². The molecule has 1 aliphatic rings. The molecule has 3 aromatic rings. The van der Waals surface area contributed by atoms with Gasteiger partial charge in [-0.1, -0.05) is 24.3 Å². The number of para-hydroxylation sites is 1. The Morgan fingerprint density at radius 2 is 1.94 bits per heavy atom. The number of benzene rings is 2. The average Bonchev–Trinajstić information content (AvgIpc) is 3.37. The number of nitrogens with one attached hydrogen (secondary N) is 1. The van der Waals surface area contributed by atoms with Crippen LogP contribution >= 0.6 is 35.3 Å². The van der Waals surface area contributed by atoms with Crippen molar-refractivity contribution in [1.29, 1.82) is 0 Å². The van der Waals surface area contributed by atoms with Gasteiger partial charge < -0.3 is 15.0 Å². The van der Waals surface area contributed by atoms with Crippen LogP contribution in [-0.4, -0.2) is 48.3 Å². The third kappa shape index (κ3) is 6.35. The highest BCUT2D eigenvalue weighted by Crippen LogP contribution is 2.36. The lowest BCUT2D eigenvalue weighted by atomic mass is 10.1. The Balaban J connectivity index is 0.00000342. The van der Waals surface area contributed by atoms with Crippen molar-refractivity contribution < 1.29 is 14.3 Å². The first kappa shape index (κ1) is 27.0. The van der Waals surface area contributed by atoms with Crippen LogP contribution in [0.2, 0.25) is 0 Å². The summed E-state index contributed by atoms with van der Waals surface area (Å²) in [5, 5.41) is 5.28. The number of halogens is 2. The van der Waals surface area contributed by atoms with Crippen molar-refractivity contribution in [2.45, 2.75) is 25.9 Å². The molecule has 0 spiro atoms. The second-order valence-corrected chi connectivity index (χ2v) is 9.56. The second kappa shape index (κ2) is 12.4. The van der Waals surface area contributed by atoms with Crippen molar-refractivity contribution in [2.75, 3.05) is 30.4 Å². The third-order valence-electron chi connectivity index (χ3n) is 5.77.